The molecular formula is C8H3FO4Se2. The first kappa shape index (κ1) is 12.2. The summed E-state index contributed by atoms with van der Waals surface area (Å²) < 4.78 is 13.1. The third kappa shape index (κ3) is 2.21. The number of carbonyl (C=O) groups is 2. The Hall–Kier alpha value is -0.871. The van der Waals surface area contributed by atoms with Gasteiger partial charge in [-0.1, -0.05) is 0 Å². The van der Waals surface area contributed by atoms with Crippen LogP contribution in [0.1, 0.15) is 20.7 Å². The third-order valence-corrected chi connectivity index (χ3v) is 3.14. The van der Waals surface area contributed by atoms with Gasteiger partial charge < -0.3 is 0 Å². The van der Waals surface area contributed by atoms with Crippen molar-refractivity contribution in [2.45, 2.75) is 0 Å². The van der Waals surface area contributed by atoms with Crippen molar-refractivity contribution >= 4 is 52.9 Å². The standard InChI is InChI=1S/C8H3FO4Se2/c9-5-4(8(12)13)3(14)1-2(6(5)15)7(10)11/h1H,(H,10,11)(H,12,13). The minimum absolute atomic E-state index is 0.0450. The zero-order valence-electron chi connectivity index (χ0n) is 6.98. The molecule has 0 bridgehead atoms. The van der Waals surface area contributed by atoms with Crippen LogP contribution in [0.4, 0.5) is 4.39 Å². The monoisotopic (exact) mass is 342 g/mol. The van der Waals surface area contributed by atoms with Crippen LogP contribution in [-0.2, 0) is 0 Å². The zero-order chi connectivity index (χ0) is 11.7. The number of carboxylic acids is 2. The van der Waals surface area contributed by atoms with Gasteiger partial charge in [-0.05, 0) is 0 Å². The molecular weight excluding hydrogens is 337 g/mol. The van der Waals surface area contributed by atoms with Crippen molar-refractivity contribution in [2.24, 2.45) is 0 Å². The fourth-order valence-corrected chi connectivity index (χ4v) is 2.11. The Morgan fingerprint density at radius 2 is 1.73 bits per heavy atom. The number of halogens is 1. The van der Waals surface area contributed by atoms with Crippen LogP contribution >= 0.6 is 0 Å². The third-order valence-electron chi connectivity index (χ3n) is 1.63. The van der Waals surface area contributed by atoms with Gasteiger partial charge in [-0.2, -0.15) is 0 Å². The molecule has 1 aromatic carbocycles. The van der Waals surface area contributed by atoms with Crippen LogP contribution in [0.25, 0.3) is 0 Å². The second-order valence-corrected chi connectivity index (χ2v) is 4.33. The molecule has 1 rings (SSSR count). The van der Waals surface area contributed by atoms with Crippen molar-refractivity contribution in [1.82, 2.24) is 0 Å². The maximum absolute atomic E-state index is 13.4. The summed E-state index contributed by atoms with van der Waals surface area (Å²) in [5.41, 5.74) is -0.861. The van der Waals surface area contributed by atoms with E-state index in [4.69, 9.17) is 10.2 Å². The maximum atomic E-state index is 13.4. The quantitative estimate of drug-likeness (QED) is 0.664. The van der Waals surface area contributed by atoms with Crippen LogP contribution in [0.3, 0.4) is 0 Å². The number of aromatic carboxylic acids is 2. The van der Waals surface area contributed by atoms with Gasteiger partial charge in [0.05, 0.1) is 0 Å². The number of hydrogen-bond donors (Lipinski definition) is 2. The summed E-state index contributed by atoms with van der Waals surface area (Å²) in [5.74, 6) is -3.85. The molecule has 0 aromatic heterocycles. The Bertz CT molecular complexity index is 458. The summed E-state index contributed by atoms with van der Waals surface area (Å²) in [6.45, 7) is 0. The molecule has 4 nitrogen and oxygen atoms in total. The van der Waals surface area contributed by atoms with Gasteiger partial charge in [-0.15, -0.1) is 0 Å². The van der Waals surface area contributed by atoms with E-state index in [-0.39, 0.29) is 14.5 Å². The molecule has 0 amide bonds. The van der Waals surface area contributed by atoms with Crippen LogP contribution in [0.5, 0.6) is 0 Å². The Labute approximate surface area is 100 Å². The van der Waals surface area contributed by atoms with Gasteiger partial charge in [0.15, 0.2) is 0 Å². The molecule has 0 aliphatic carbocycles. The van der Waals surface area contributed by atoms with Crippen LogP contribution in [0, 0.1) is 5.82 Å². The van der Waals surface area contributed by atoms with E-state index in [0.717, 1.165) is 6.07 Å². The average Bonchev–Trinajstić information content (AvgIpc) is 2.10. The fourth-order valence-electron chi connectivity index (χ4n) is 0.967. The summed E-state index contributed by atoms with van der Waals surface area (Å²) >= 11 is 4.53. The average molecular weight is 340 g/mol. The van der Waals surface area contributed by atoms with Gasteiger partial charge >= 0.3 is 100 Å². The van der Waals surface area contributed by atoms with Gasteiger partial charge in [0.2, 0.25) is 0 Å². The van der Waals surface area contributed by atoms with Crippen molar-refractivity contribution in [3.8, 4) is 0 Å². The molecule has 7 heteroatoms. The molecule has 0 aliphatic rings. The van der Waals surface area contributed by atoms with Crippen molar-refractivity contribution in [3.05, 3.63) is 23.0 Å². The fraction of sp³-hybridized carbons (Fsp3) is 0. The molecule has 15 heavy (non-hydrogen) atoms. The van der Waals surface area contributed by atoms with Gasteiger partial charge in [0.25, 0.3) is 0 Å². The van der Waals surface area contributed by atoms with Crippen molar-refractivity contribution < 1.29 is 24.2 Å². The molecule has 0 fully saturated rings. The summed E-state index contributed by atoms with van der Waals surface area (Å²) in [6.07, 6.45) is 0. The predicted molar refractivity (Wildman–Crippen MR) is 51.1 cm³/mol. The molecule has 2 radical (unpaired) electrons. The topological polar surface area (TPSA) is 74.6 Å². The molecule has 2 N–H and O–H groups in total. The van der Waals surface area contributed by atoms with E-state index in [2.05, 4.69) is 32.0 Å². The van der Waals surface area contributed by atoms with Gasteiger partial charge in [-0.3, -0.25) is 0 Å². The predicted octanol–water partition coefficient (Wildman–Crippen LogP) is -1.19. The van der Waals surface area contributed by atoms with Crippen LogP contribution in [0.15, 0.2) is 6.07 Å². The van der Waals surface area contributed by atoms with E-state index in [1.54, 1.807) is 0 Å². The van der Waals surface area contributed by atoms with Crippen LogP contribution in [0.2, 0.25) is 0 Å². The first-order chi connectivity index (χ1) is 6.86. The van der Waals surface area contributed by atoms with Crippen LogP contribution < -0.4 is 8.92 Å². The molecule has 0 saturated carbocycles. The van der Waals surface area contributed by atoms with E-state index in [1.807, 2.05) is 0 Å². The van der Waals surface area contributed by atoms with Crippen molar-refractivity contribution in [3.63, 3.8) is 0 Å². The molecule has 0 saturated heterocycles. The van der Waals surface area contributed by atoms with Crippen molar-refractivity contribution in [1.29, 1.82) is 0 Å². The van der Waals surface area contributed by atoms with E-state index in [1.165, 1.54) is 0 Å². The van der Waals surface area contributed by atoms with Gasteiger partial charge in [0, 0.05) is 0 Å². The van der Waals surface area contributed by atoms with Gasteiger partial charge in [-0.25, -0.2) is 0 Å². The van der Waals surface area contributed by atoms with Crippen LogP contribution in [-0.4, -0.2) is 54.2 Å². The molecule has 1 aromatic rings. The summed E-state index contributed by atoms with van der Waals surface area (Å²) in [4.78, 5) is 21.3. The number of hydrogen-bond acceptors (Lipinski definition) is 2. The Morgan fingerprint density at radius 1 is 1.20 bits per heavy atom. The second-order valence-electron chi connectivity index (χ2n) is 2.55. The summed E-state index contributed by atoms with van der Waals surface area (Å²) in [7, 11) is 0. The molecule has 0 unspecified atom stereocenters. The molecule has 0 atom stereocenters. The van der Waals surface area contributed by atoms with Crippen molar-refractivity contribution in [2.75, 3.05) is 0 Å². The Kier molecular flexibility index (Phi) is 3.52. The summed E-state index contributed by atoms with van der Waals surface area (Å²) in [5, 5.41) is 17.4. The zero-order valence-corrected chi connectivity index (χ0v) is 10.4. The first-order valence-corrected chi connectivity index (χ1v) is 5.24. The number of carboxylic acid groups (broad SMARTS) is 2. The Morgan fingerprint density at radius 3 is 2.13 bits per heavy atom. The molecule has 0 spiro atoms. The van der Waals surface area contributed by atoms with E-state index >= 15 is 0 Å². The summed E-state index contributed by atoms with van der Waals surface area (Å²) in [6, 6.07) is 1.07. The van der Waals surface area contributed by atoms with E-state index < -0.39 is 23.3 Å². The molecule has 0 aliphatic heterocycles. The number of benzene rings is 1. The normalized spacial score (nSPS) is 9.93. The SMILES string of the molecule is O=C(O)c1cc([Se])c(C(=O)O)c(F)c1[Se]. The van der Waals surface area contributed by atoms with E-state index in [0.29, 0.717) is 0 Å². The molecule has 78 valence electrons. The Balaban J connectivity index is 3.58. The second kappa shape index (κ2) is 4.33. The van der Waals surface area contributed by atoms with Gasteiger partial charge in [0.1, 0.15) is 0 Å². The minimum atomic E-state index is -1.45. The van der Waals surface area contributed by atoms with E-state index in [9.17, 15) is 14.0 Å². The first-order valence-electron chi connectivity index (χ1n) is 3.53. The molecule has 0 heterocycles. The number of rotatable bonds is 2.